The highest BCUT2D eigenvalue weighted by molar-refractivity contribution is 14.0. The van der Waals surface area contributed by atoms with E-state index in [1.54, 1.807) is 6.26 Å². The smallest absolute Gasteiger partial charge is 0.194 e. The van der Waals surface area contributed by atoms with E-state index in [1.165, 1.54) is 5.56 Å². The molecule has 0 fully saturated rings. The minimum Gasteiger partial charge on any atom is -0.467 e. The molecule has 0 saturated heterocycles. The first-order valence-corrected chi connectivity index (χ1v) is 6.85. The SMILES string of the molecule is CCNC(=NCc1ccco1)N(C)Cc1ccccc1.I. The van der Waals surface area contributed by atoms with Gasteiger partial charge in [-0.3, -0.25) is 0 Å². The largest absolute Gasteiger partial charge is 0.467 e. The van der Waals surface area contributed by atoms with Gasteiger partial charge in [0.2, 0.25) is 0 Å². The fourth-order valence-electron chi connectivity index (χ4n) is 1.96. The third-order valence-electron chi connectivity index (χ3n) is 2.92. The van der Waals surface area contributed by atoms with Crippen molar-refractivity contribution in [2.24, 2.45) is 4.99 Å². The Morgan fingerprint density at radius 1 is 1.19 bits per heavy atom. The van der Waals surface area contributed by atoms with Gasteiger partial charge in [0, 0.05) is 20.1 Å². The number of furan rings is 1. The first kappa shape index (κ1) is 17.6. The van der Waals surface area contributed by atoms with Gasteiger partial charge < -0.3 is 14.6 Å². The Morgan fingerprint density at radius 2 is 1.95 bits per heavy atom. The molecule has 1 aromatic heterocycles. The molecule has 2 aromatic rings. The van der Waals surface area contributed by atoms with Crippen LogP contribution in [0.4, 0.5) is 0 Å². The monoisotopic (exact) mass is 399 g/mol. The lowest BCUT2D eigenvalue weighted by Gasteiger charge is -2.22. The molecule has 0 bridgehead atoms. The zero-order valence-electron chi connectivity index (χ0n) is 12.5. The average molecular weight is 399 g/mol. The maximum atomic E-state index is 5.31. The van der Waals surface area contributed by atoms with E-state index in [4.69, 9.17) is 4.42 Å². The Bertz CT molecular complexity index is 526. The second-order valence-electron chi connectivity index (χ2n) is 4.59. The molecule has 0 aliphatic carbocycles. The van der Waals surface area contributed by atoms with Crippen molar-refractivity contribution in [3.8, 4) is 0 Å². The third-order valence-corrected chi connectivity index (χ3v) is 2.92. The molecule has 0 amide bonds. The van der Waals surface area contributed by atoms with Crippen LogP contribution in [0.3, 0.4) is 0 Å². The van der Waals surface area contributed by atoms with Crippen LogP contribution < -0.4 is 5.32 Å². The second kappa shape index (κ2) is 9.44. The molecule has 0 spiro atoms. The van der Waals surface area contributed by atoms with Crippen LogP contribution in [0.1, 0.15) is 18.2 Å². The van der Waals surface area contributed by atoms with Crippen LogP contribution >= 0.6 is 24.0 Å². The number of nitrogens with zero attached hydrogens (tertiary/aromatic N) is 2. The summed E-state index contributed by atoms with van der Waals surface area (Å²) in [5, 5.41) is 3.30. The topological polar surface area (TPSA) is 40.8 Å². The first-order chi connectivity index (χ1) is 9.79. The van der Waals surface area contributed by atoms with Gasteiger partial charge in [-0.1, -0.05) is 30.3 Å². The fourth-order valence-corrected chi connectivity index (χ4v) is 1.96. The Kier molecular flexibility index (Phi) is 7.89. The Hall–Kier alpha value is -1.50. The van der Waals surface area contributed by atoms with Gasteiger partial charge in [-0.25, -0.2) is 4.99 Å². The van der Waals surface area contributed by atoms with Gasteiger partial charge in [-0.15, -0.1) is 24.0 Å². The summed E-state index contributed by atoms with van der Waals surface area (Å²) < 4.78 is 5.31. The van der Waals surface area contributed by atoms with Crippen LogP contribution in [-0.4, -0.2) is 24.5 Å². The number of nitrogens with one attached hydrogen (secondary N) is 1. The standard InChI is InChI=1S/C16H21N3O.HI/c1-3-17-16(18-12-15-10-7-11-20-15)19(2)13-14-8-5-4-6-9-14;/h4-11H,3,12-13H2,1-2H3,(H,17,18);1H. The molecule has 4 nitrogen and oxygen atoms in total. The van der Waals surface area contributed by atoms with Crippen LogP contribution in [0, 0.1) is 0 Å². The van der Waals surface area contributed by atoms with Crippen molar-refractivity contribution >= 4 is 29.9 Å². The zero-order valence-corrected chi connectivity index (χ0v) is 14.8. The predicted molar refractivity (Wildman–Crippen MR) is 96.8 cm³/mol. The molecular weight excluding hydrogens is 377 g/mol. The minimum absolute atomic E-state index is 0. The fraction of sp³-hybridized carbons (Fsp3) is 0.312. The lowest BCUT2D eigenvalue weighted by molar-refractivity contribution is 0.470. The van der Waals surface area contributed by atoms with E-state index in [-0.39, 0.29) is 24.0 Å². The maximum absolute atomic E-state index is 5.31. The molecule has 1 heterocycles. The number of aliphatic imine (C=N–C) groups is 1. The summed E-state index contributed by atoms with van der Waals surface area (Å²) in [6.07, 6.45) is 1.67. The molecule has 0 saturated carbocycles. The summed E-state index contributed by atoms with van der Waals surface area (Å²) in [7, 11) is 2.04. The number of rotatable bonds is 5. The molecule has 1 aromatic carbocycles. The number of halogens is 1. The quantitative estimate of drug-likeness (QED) is 0.476. The van der Waals surface area contributed by atoms with Gasteiger partial charge >= 0.3 is 0 Å². The lowest BCUT2D eigenvalue weighted by atomic mass is 10.2. The highest BCUT2D eigenvalue weighted by Gasteiger charge is 2.06. The summed E-state index contributed by atoms with van der Waals surface area (Å²) in [6.45, 7) is 4.29. The van der Waals surface area contributed by atoms with Crippen molar-refractivity contribution in [1.82, 2.24) is 10.2 Å². The molecule has 2 rings (SSSR count). The van der Waals surface area contributed by atoms with Crippen molar-refractivity contribution < 1.29 is 4.42 Å². The van der Waals surface area contributed by atoms with Crippen molar-refractivity contribution in [2.75, 3.05) is 13.6 Å². The number of guanidine groups is 1. The van der Waals surface area contributed by atoms with E-state index >= 15 is 0 Å². The summed E-state index contributed by atoms with van der Waals surface area (Å²) in [6, 6.07) is 14.2. The second-order valence-corrected chi connectivity index (χ2v) is 4.59. The Labute approximate surface area is 143 Å². The minimum atomic E-state index is 0. The van der Waals surface area contributed by atoms with Gasteiger partial charge in [0.1, 0.15) is 12.3 Å². The van der Waals surface area contributed by atoms with Crippen molar-refractivity contribution in [3.05, 3.63) is 60.1 Å². The molecule has 21 heavy (non-hydrogen) atoms. The Balaban J connectivity index is 0.00000220. The van der Waals surface area contributed by atoms with Gasteiger partial charge in [-0.2, -0.15) is 0 Å². The molecule has 0 aliphatic rings. The van der Waals surface area contributed by atoms with Gasteiger partial charge in [0.25, 0.3) is 0 Å². The highest BCUT2D eigenvalue weighted by atomic mass is 127. The number of hydrogen-bond acceptors (Lipinski definition) is 2. The lowest BCUT2D eigenvalue weighted by Crippen LogP contribution is -2.38. The normalized spacial score (nSPS) is 10.9. The molecule has 5 heteroatoms. The first-order valence-electron chi connectivity index (χ1n) is 6.85. The molecular formula is C16H22IN3O. The summed E-state index contributed by atoms with van der Waals surface area (Å²) >= 11 is 0. The molecule has 0 radical (unpaired) electrons. The van der Waals surface area contributed by atoms with E-state index in [0.29, 0.717) is 6.54 Å². The van der Waals surface area contributed by atoms with Gasteiger partial charge in [0.05, 0.1) is 6.26 Å². The molecule has 0 atom stereocenters. The Morgan fingerprint density at radius 3 is 2.57 bits per heavy atom. The van der Waals surface area contributed by atoms with Crippen LogP contribution in [0.5, 0.6) is 0 Å². The molecule has 0 unspecified atom stereocenters. The van der Waals surface area contributed by atoms with Crippen LogP contribution in [0.25, 0.3) is 0 Å². The van der Waals surface area contributed by atoms with Crippen LogP contribution in [0.2, 0.25) is 0 Å². The zero-order chi connectivity index (χ0) is 14.2. The molecule has 1 N–H and O–H groups in total. The van der Waals surface area contributed by atoms with Crippen molar-refractivity contribution in [2.45, 2.75) is 20.0 Å². The van der Waals surface area contributed by atoms with E-state index < -0.39 is 0 Å². The van der Waals surface area contributed by atoms with Gasteiger partial charge in [0.15, 0.2) is 5.96 Å². The summed E-state index contributed by atoms with van der Waals surface area (Å²) in [4.78, 5) is 6.70. The van der Waals surface area contributed by atoms with E-state index in [2.05, 4.69) is 46.4 Å². The summed E-state index contributed by atoms with van der Waals surface area (Å²) in [5.41, 5.74) is 1.26. The van der Waals surface area contributed by atoms with Gasteiger partial charge in [-0.05, 0) is 24.6 Å². The number of benzene rings is 1. The van der Waals surface area contributed by atoms with Crippen LogP contribution in [-0.2, 0) is 13.1 Å². The van der Waals surface area contributed by atoms with Crippen molar-refractivity contribution in [1.29, 1.82) is 0 Å². The van der Waals surface area contributed by atoms with E-state index in [1.807, 2.05) is 25.2 Å². The van der Waals surface area contributed by atoms with E-state index in [9.17, 15) is 0 Å². The molecule has 0 aliphatic heterocycles. The molecule has 114 valence electrons. The van der Waals surface area contributed by atoms with E-state index in [0.717, 1.165) is 24.8 Å². The maximum Gasteiger partial charge on any atom is 0.194 e. The number of hydrogen-bond donors (Lipinski definition) is 1. The highest BCUT2D eigenvalue weighted by Crippen LogP contribution is 2.05. The third kappa shape index (κ3) is 5.79. The average Bonchev–Trinajstić information content (AvgIpc) is 2.97. The van der Waals surface area contributed by atoms with Crippen LogP contribution in [0.15, 0.2) is 58.1 Å². The predicted octanol–water partition coefficient (Wildman–Crippen LogP) is 3.50. The summed E-state index contributed by atoms with van der Waals surface area (Å²) in [5.74, 6) is 1.75. The van der Waals surface area contributed by atoms with Crippen molar-refractivity contribution in [3.63, 3.8) is 0 Å².